The Morgan fingerprint density at radius 1 is 1.42 bits per heavy atom. The molecule has 5 nitrogen and oxygen atoms in total. The van der Waals surface area contributed by atoms with Crippen molar-refractivity contribution in [2.75, 3.05) is 0 Å². The molecule has 1 aromatic carbocycles. The normalized spacial score (nSPS) is 12.1. The van der Waals surface area contributed by atoms with E-state index in [0.29, 0.717) is 12.3 Å². The molecule has 1 unspecified atom stereocenters. The summed E-state index contributed by atoms with van der Waals surface area (Å²) >= 11 is 0. The zero-order valence-electron chi connectivity index (χ0n) is 10.8. The maximum absolute atomic E-state index is 11.8. The number of benzene rings is 1. The maximum Gasteiger partial charge on any atom is 0.237 e. The molecule has 0 aliphatic rings. The van der Waals surface area contributed by atoms with E-state index in [9.17, 15) is 4.79 Å². The van der Waals surface area contributed by atoms with Crippen molar-refractivity contribution < 1.29 is 9.21 Å². The van der Waals surface area contributed by atoms with Crippen molar-refractivity contribution in [1.82, 2.24) is 10.3 Å². The van der Waals surface area contributed by atoms with Gasteiger partial charge in [-0.25, -0.2) is 4.98 Å². The Kier molecular flexibility index (Phi) is 4.30. The van der Waals surface area contributed by atoms with Gasteiger partial charge in [0.05, 0.1) is 18.8 Å². The smallest absolute Gasteiger partial charge is 0.237 e. The average Bonchev–Trinajstić information content (AvgIpc) is 2.83. The predicted molar refractivity (Wildman–Crippen MR) is 71.2 cm³/mol. The van der Waals surface area contributed by atoms with E-state index >= 15 is 0 Å². The van der Waals surface area contributed by atoms with E-state index in [1.54, 1.807) is 13.1 Å². The molecule has 0 fully saturated rings. The van der Waals surface area contributed by atoms with Gasteiger partial charge in [0.15, 0.2) is 0 Å². The number of aromatic nitrogens is 1. The lowest BCUT2D eigenvalue weighted by Crippen LogP contribution is -2.41. The summed E-state index contributed by atoms with van der Waals surface area (Å²) < 4.78 is 5.27. The Labute approximate surface area is 111 Å². The Morgan fingerprint density at radius 2 is 2.16 bits per heavy atom. The van der Waals surface area contributed by atoms with E-state index < -0.39 is 6.04 Å². The van der Waals surface area contributed by atoms with Crippen LogP contribution in [0.25, 0.3) is 0 Å². The predicted octanol–water partition coefficient (Wildman–Crippen LogP) is 1.17. The van der Waals surface area contributed by atoms with Crippen LogP contribution >= 0.6 is 0 Å². The third kappa shape index (κ3) is 3.93. The minimum atomic E-state index is -0.571. The first-order valence-electron chi connectivity index (χ1n) is 6.13. The number of nitrogens with two attached hydrogens (primary N) is 1. The Morgan fingerprint density at radius 3 is 2.79 bits per heavy atom. The molecule has 0 saturated heterocycles. The van der Waals surface area contributed by atoms with Crippen LogP contribution in [0.2, 0.25) is 0 Å². The molecule has 1 amide bonds. The fourth-order valence-electron chi connectivity index (χ4n) is 1.74. The summed E-state index contributed by atoms with van der Waals surface area (Å²) in [7, 11) is 0. The van der Waals surface area contributed by atoms with Crippen molar-refractivity contribution in [3.05, 3.63) is 53.7 Å². The molecule has 0 aliphatic heterocycles. The SMILES string of the molecule is Cc1cnc(CNC(=O)C(N)Cc2ccccc2)o1. The van der Waals surface area contributed by atoms with Crippen LogP contribution in [0, 0.1) is 6.92 Å². The first kappa shape index (κ1) is 13.3. The monoisotopic (exact) mass is 259 g/mol. The van der Waals surface area contributed by atoms with E-state index in [0.717, 1.165) is 11.3 Å². The second kappa shape index (κ2) is 6.15. The zero-order chi connectivity index (χ0) is 13.7. The van der Waals surface area contributed by atoms with Gasteiger partial charge in [-0.05, 0) is 18.9 Å². The van der Waals surface area contributed by atoms with Crippen LogP contribution in [0.4, 0.5) is 0 Å². The van der Waals surface area contributed by atoms with Gasteiger partial charge in [-0.2, -0.15) is 0 Å². The van der Waals surface area contributed by atoms with Gasteiger partial charge >= 0.3 is 0 Å². The fraction of sp³-hybridized carbons (Fsp3) is 0.286. The molecular weight excluding hydrogens is 242 g/mol. The largest absolute Gasteiger partial charge is 0.444 e. The van der Waals surface area contributed by atoms with Gasteiger partial charge in [-0.1, -0.05) is 30.3 Å². The molecule has 2 rings (SSSR count). The molecule has 0 bridgehead atoms. The molecular formula is C14H17N3O2. The fourth-order valence-corrected chi connectivity index (χ4v) is 1.74. The third-order valence-corrected chi connectivity index (χ3v) is 2.72. The van der Waals surface area contributed by atoms with Gasteiger partial charge in [0.25, 0.3) is 0 Å². The van der Waals surface area contributed by atoms with Crippen LogP contribution in [0.3, 0.4) is 0 Å². The Hall–Kier alpha value is -2.14. The standard InChI is InChI=1S/C14H17N3O2/c1-10-8-16-13(19-10)9-17-14(18)12(15)7-11-5-3-2-4-6-11/h2-6,8,12H,7,9,15H2,1H3,(H,17,18). The van der Waals surface area contributed by atoms with Crippen molar-refractivity contribution >= 4 is 5.91 Å². The molecule has 1 heterocycles. The van der Waals surface area contributed by atoms with Crippen molar-refractivity contribution in [3.63, 3.8) is 0 Å². The number of rotatable bonds is 5. The average molecular weight is 259 g/mol. The van der Waals surface area contributed by atoms with Crippen molar-refractivity contribution in [1.29, 1.82) is 0 Å². The lowest BCUT2D eigenvalue weighted by Gasteiger charge is -2.11. The highest BCUT2D eigenvalue weighted by Gasteiger charge is 2.14. The molecule has 0 radical (unpaired) electrons. The molecule has 0 spiro atoms. The first-order valence-corrected chi connectivity index (χ1v) is 6.13. The number of oxazole rings is 1. The summed E-state index contributed by atoms with van der Waals surface area (Å²) in [6.45, 7) is 2.06. The minimum absolute atomic E-state index is 0.209. The highest BCUT2D eigenvalue weighted by atomic mass is 16.4. The van der Waals surface area contributed by atoms with Crippen LogP contribution in [0.5, 0.6) is 0 Å². The maximum atomic E-state index is 11.8. The van der Waals surface area contributed by atoms with E-state index in [1.165, 1.54) is 0 Å². The Balaban J connectivity index is 1.82. The topological polar surface area (TPSA) is 81.2 Å². The van der Waals surface area contributed by atoms with Crippen molar-refractivity contribution in [2.45, 2.75) is 25.9 Å². The zero-order valence-corrected chi connectivity index (χ0v) is 10.8. The van der Waals surface area contributed by atoms with E-state index in [2.05, 4.69) is 10.3 Å². The van der Waals surface area contributed by atoms with Crippen LogP contribution in [0.1, 0.15) is 17.2 Å². The van der Waals surface area contributed by atoms with Crippen LogP contribution in [-0.2, 0) is 17.8 Å². The second-order valence-corrected chi connectivity index (χ2v) is 4.38. The molecule has 19 heavy (non-hydrogen) atoms. The third-order valence-electron chi connectivity index (χ3n) is 2.72. The first-order chi connectivity index (χ1) is 9.15. The lowest BCUT2D eigenvalue weighted by molar-refractivity contribution is -0.122. The highest BCUT2D eigenvalue weighted by Crippen LogP contribution is 2.03. The highest BCUT2D eigenvalue weighted by molar-refractivity contribution is 5.81. The van der Waals surface area contributed by atoms with Gasteiger partial charge in [0.1, 0.15) is 5.76 Å². The summed E-state index contributed by atoms with van der Waals surface area (Å²) in [5.41, 5.74) is 6.89. The van der Waals surface area contributed by atoms with E-state index in [1.807, 2.05) is 30.3 Å². The van der Waals surface area contributed by atoms with Gasteiger partial charge in [0.2, 0.25) is 11.8 Å². The minimum Gasteiger partial charge on any atom is -0.444 e. The number of nitrogens with one attached hydrogen (secondary N) is 1. The summed E-state index contributed by atoms with van der Waals surface area (Å²) in [5.74, 6) is 0.996. The van der Waals surface area contributed by atoms with E-state index in [-0.39, 0.29) is 12.5 Å². The molecule has 0 aliphatic carbocycles. The summed E-state index contributed by atoms with van der Waals surface area (Å²) in [6.07, 6.45) is 2.13. The number of carbonyl (C=O) groups excluding carboxylic acids is 1. The second-order valence-electron chi connectivity index (χ2n) is 4.38. The Bertz CT molecular complexity index is 537. The van der Waals surface area contributed by atoms with Crippen LogP contribution in [0.15, 0.2) is 40.9 Å². The molecule has 1 atom stereocenters. The van der Waals surface area contributed by atoms with Crippen molar-refractivity contribution in [3.8, 4) is 0 Å². The van der Waals surface area contributed by atoms with Crippen molar-refractivity contribution in [2.24, 2.45) is 5.73 Å². The van der Waals surface area contributed by atoms with Crippen LogP contribution < -0.4 is 11.1 Å². The number of carbonyl (C=O) groups is 1. The molecule has 3 N–H and O–H groups in total. The number of aryl methyl sites for hydroxylation is 1. The lowest BCUT2D eigenvalue weighted by atomic mass is 10.1. The molecule has 100 valence electrons. The van der Waals surface area contributed by atoms with E-state index in [4.69, 9.17) is 10.2 Å². The number of amides is 1. The molecule has 0 saturated carbocycles. The number of nitrogens with zero attached hydrogens (tertiary/aromatic N) is 1. The summed E-state index contributed by atoms with van der Waals surface area (Å²) in [6, 6.07) is 9.11. The van der Waals surface area contributed by atoms with Crippen LogP contribution in [-0.4, -0.2) is 16.9 Å². The molecule has 1 aromatic heterocycles. The van der Waals surface area contributed by atoms with Gasteiger partial charge < -0.3 is 15.5 Å². The summed E-state index contributed by atoms with van der Waals surface area (Å²) in [4.78, 5) is 15.8. The quantitative estimate of drug-likeness (QED) is 0.844. The number of hydrogen-bond donors (Lipinski definition) is 2. The van der Waals surface area contributed by atoms with Gasteiger partial charge in [-0.3, -0.25) is 4.79 Å². The van der Waals surface area contributed by atoms with Gasteiger partial charge in [0, 0.05) is 0 Å². The number of hydrogen-bond acceptors (Lipinski definition) is 4. The molecule has 5 heteroatoms. The van der Waals surface area contributed by atoms with Gasteiger partial charge in [-0.15, -0.1) is 0 Å². The summed E-state index contributed by atoms with van der Waals surface area (Å²) in [5, 5.41) is 2.71. The molecule has 2 aromatic rings.